The Bertz CT molecular complexity index is 805. The number of hydrogen-bond donors (Lipinski definition) is 3. The molecular formula is C20H28N6O2. The zero-order valence-electron chi connectivity index (χ0n) is 16.2. The summed E-state index contributed by atoms with van der Waals surface area (Å²) >= 11 is 0. The van der Waals surface area contributed by atoms with E-state index in [1.807, 2.05) is 25.1 Å². The van der Waals surface area contributed by atoms with Crippen LogP contribution in [0.4, 0.5) is 17.5 Å². The third kappa shape index (κ3) is 5.39. The lowest BCUT2D eigenvalue weighted by atomic mass is 9.82. The Hall–Kier alpha value is -2.74. The number of benzene rings is 1. The molecule has 28 heavy (non-hydrogen) atoms. The van der Waals surface area contributed by atoms with Crippen LogP contribution in [-0.4, -0.2) is 28.0 Å². The fourth-order valence-electron chi connectivity index (χ4n) is 3.64. The summed E-state index contributed by atoms with van der Waals surface area (Å²) in [7, 11) is 0. The van der Waals surface area contributed by atoms with Crippen LogP contribution in [0.5, 0.6) is 0 Å². The number of nitrogens with zero attached hydrogens (tertiary/aromatic N) is 3. The van der Waals surface area contributed by atoms with Crippen LogP contribution < -0.4 is 16.4 Å². The van der Waals surface area contributed by atoms with Crippen molar-refractivity contribution >= 4 is 17.5 Å². The molecular weight excluding hydrogens is 356 g/mol. The third-order valence-corrected chi connectivity index (χ3v) is 5.36. The molecule has 0 spiro atoms. The summed E-state index contributed by atoms with van der Waals surface area (Å²) in [5.74, 6) is 1.75. The standard InChI is InChI=1S/C20H28N6O2/c1-14-3-2-4-17(9-14)12-23-20-24-13-18(26(27)28)19(25-20)22-11-16-7-5-15(10-21)6-8-16/h2-4,9,13,15-16H,5-8,10-12,21H2,1H3,(H2,22,23,24,25). The molecule has 8 heteroatoms. The van der Waals surface area contributed by atoms with E-state index in [2.05, 4.69) is 26.7 Å². The first-order valence-electron chi connectivity index (χ1n) is 9.80. The first kappa shape index (κ1) is 20.0. The highest BCUT2D eigenvalue weighted by atomic mass is 16.6. The normalized spacial score (nSPS) is 19.2. The SMILES string of the molecule is Cc1cccc(CNc2ncc([N+](=O)[O-])c(NCC3CCC(CN)CC3)n2)c1. The number of nitrogens with one attached hydrogen (secondary N) is 2. The summed E-state index contributed by atoms with van der Waals surface area (Å²) in [5.41, 5.74) is 7.93. The quantitative estimate of drug-likeness (QED) is 0.471. The van der Waals surface area contributed by atoms with E-state index in [1.165, 1.54) is 11.8 Å². The Balaban J connectivity index is 1.63. The smallest absolute Gasteiger partial charge is 0.329 e. The minimum atomic E-state index is -0.446. The lowest BCUT2D eigenvalue weighted by Crippen LogP contribution is -2.25. The topological polar surface area (TPSA) is 119 Å². The lowest BCUT2D eigenvalue weighted by molar-refractivity contribution is -0.384. The molecule has 0 saturated heterocycles. The van der Waals surface area contributed by atoms with Crippen molar-refractivity contribution in [2.75, 3.05) is 23.7 Å². The second kappa shape index (κ2) is 9.45. The molecule has 0 amide bonds. The summed E-state index contributed by atoms with van der Waals surface area (Å²) < 4.78 is 0. The molecule has 1 saturated carbocycles. The average Bonchev–Trinajstić information content (AvgIpc) is 2.71. The maximum absolute atomic E-state index is 11.3. The van der Waals surface area contributed by atoms with Crippen LogP contribution in [0.25, 0.3) is 0 Å². The minimum Gasteiger partial charge on any atom is -0.364 e. The highest BCUT2D eigenvalue weighted by Gasteiger charge is 2.22. The van der Waals surface area contributed by atoms with E-state index in [0.717, 1.165) is 37.8 Å². The Morgan fingerprint density at radius 2 is 1.96 bits per heavy atom. The lowest BCUT2D eigenvalue weighted by Gasteiger charge is -2.27. The molecule has 1 aromatic carbocycles. The third-order valence-electron chi connectivity index (χ3n) is 5.36. The number of nitro groups is 1. The van der Waals surface area contributed by atoms with Crippen molar-refractivity contribution in [1.82, 2.24) is 9.97 Å². The largest absolute Gasteiger partial charge is 0.364 e. The first-order chi connectivity index (χ1) is 13.5. The van der Waals surface area contributed by atoms with Crippen LogP contribution in [0.15, 0.2) is 30.5 Å². The highest BCUT2D eigenvalue weighted by molar-refractivity contribution is 5.57. The molecule has 0 atom stereocenters. The Kier molecular flexibility index (Phi) is 6.76. The van der Waals surface area contributed by atoms with Gasteiger partial charge in [0, 0.05) is 13.1 Å². The predicted molar refractivity (Wildman–Crippen MR) is 110 cm³/mol. The fourth-order valence-corrected chi connectivity index (χ4v) is 3.64. The van der Waals surface area contributed by atoms with Crippen LogP contribution in [0.1, 0.15) is 36.8 Å². The van der Waals surface area contributed by atoms with Gasteiger partial charge in [0.15, 0.2) is 0 Å². The number of aromatic nitrogens is 2. The molecule has 0 bridgehead atoms. The zero-order chi connectivity index (χ0) is 19.9. The van der Waals surface area contributed by atoms with Crippen molar-refractivity contribution in [1.29, 1.82) is 0 Å². The van der Waals surface area contributed by atoms with E-state index < -0.39 is 4.92 Å². The van der Waals surface area contributed by atoms with Gasteiger partial charge in [-0.3, -0.25) is 10.1 Å². The number of rotatable bonds is 8. The van der Waals surface area contributed by atoms with Crippen LogP contribution >= 0.6 is 0 Å². The molecule has 1 heterocycles. The van der Waals surface area contributed by atoms with Gasteiger partial charge in [0.05, 0.1) is 4.92 Å². The van der Waals surface area contributed by atoms with Gasteiger partial charge in [-0.15, -0.1) is 0 Å². The molecule has 1 aliphatic carbocycles. The van der Waals surface area contributed by atoms with Crippen molar-refractivity contribution in [2.24, 2.45) is 17.6 Å². The van der Waals surface area contributed by atoms with E-state index in [1.54, 1.807) is 0 Å². The summed E-state index contributed by atoms with van der Waals surface area (Å²) in [4.78, 5) is 19.3. The number of nitrogens with two attached hydrogens (primary N) is 1. The molecule has 2 aromatic rings. The van der Waals surface area contributed by atoms with Crippen molar-refractivity contribution < 1.29 is 4.92 Å². The first-order valence-corrected chi connectivity index (χ1v) is 9.80. The van der Waals surface area contributed by atoms with Gasteiger partial charge in [0.25, 0.3) is 0 Å². The number of hydrogen-bond acceptors (Lipinski definition) is 7. The van der Waals surface area contributed by atoms with Crippen LogP contribution in [0.2, 0.25) is 0 Å². The van der Waals surface area contributed by atoms with Crippen molar-refractivity contribution in [3.8, 4) is 0 Å². The molecule has 3 rings (SSSR count). The fraction of sp³-hybridized carbons (Fsp3) is 0.500. The van der Waals surface area contributed by atoms with E-state index in [-0.39, 0.29) is 11.5 Å². The molecule has 0 radical (unpaired) electrons. The van der Waals surface area contributed by atoms with Gasteiger partial charge >= 0.3 is 5.69 Å². The van der Waals surface area contributed by atoms with Crippen LogP contribution in [-0.2, 0) is 6.54 Å². The molecule has 4 N–H and O–H groups in total. The summed E-state index contributed by atoms with van der Waals surface area (Å²) in [6.45, 7) is 4.01. The van der Waals surface area contributed by atoms with E-state index in [9.17, 15) is 10.1 Å². The Morgan fingerprint density at radius 3 is 2.64 bits per heavy atom. The van der Waals surface area contributed by atoms with Crippen LogP contribution in [0, 0.1) is 28.9 Å². The van der Waals surface area contributed by atoms with Gasteiger partial charge in [0.1, 0.15) is 6.20 Å². The monoisotopic (exact) mass is 384 g/mol. The molecule has 1 fully saturated rings. The summed E-state index contributed by atoms with van der Waals surface area (Å²) in [5, 5.41) is 17.7. The molecule has 1 aromatic heterocycles. The number of aryl methyl sites for hydroxylation is 1. The van der Waals surface area contributed by atoms with Gasteiger partial charge in [-0.2, -0.15) is 4.98 Å². The predicted octanol–water partition coefficient (Wildman–Crippen LogP) is 3.48. The molecule has 150 valence electrons. The Labute approximate surface area is 165 Å². The van der Waals surface area contributed by atoms with Gasteiger partial charge < -0.3 is 16.4 Å². The van der Waals surface area contributed by atoms with Crippen molar-refractivity contribution in [2.45, 2.75) is 39.2 Å². The molecule has 0 aliphatic heterocycles. The Morgan fingerprint density at radius 1 is 1.21 bits per heavy atom. The zero-order valence-corrected chi connectivity index (χ0v) is 16.2. The van der Waals surface area contributed by atoms with Gasteiger partial charge in [-0.1, -0.05) is 29.8 Å². The second-order valence-corrected chi connectivity index (χ2v) is 7.53. The van der Waals surface area contributed by atoms with Crippen molar-refractivity contribution in [3.05, 3.63) is 51.7 Å². The van der Waals surface area contributed by atoms with E-state index in [4.69, 9.17) is 5.73 Å². The average molecular weight is 384 g/mol. The van der Waals surface area contributed by atoms with Gasteiger partial charge in [-0.25, -0.2) is 4.98 Å². The van der Waals surface area contributed by atoms with E-state index >= 15 is 0 Å². The minimum absolute atomic E-state index is 0.100. The maximum atomic E-state index is 11.3. The van der Waals surface area contributed by atoms with E-state index in [0.29, 0.717) is 30.9 Å². The molecule has 8 nitrogen and oxygen atoms in total. The molecule has 1 aliphatic rings. The van der Waals surface area contributed by atoms with Crippen LogP contribution in [0.3, 0.4) is 0 Å². The summed E-state index contributed by atoms with van der Waals surface area (Å²) in [6.07, 6.45) is 5.69. The second-order valence-electron chi connectivity index (χ2n) is 7.53. The summed E-state index contributed by atoms with van der Waals surface area (Å²) in [6, 6.07) is 8.13. The number of anilines is 2. The molecule has 0 unspecified atom stereocenters. The van der Waals surface area contributed by atoms with Crippen molar-refractivity contribution in [3.63, 3.8) is 0 Å². The van der Waals surface area contributed by atoms with Gasteiger partial charge in [0.2, 0.25) is 11.8 Å². The highest BCUT2D eigenvalue weighted by Crippen LogP contribution is 2.29. The van der Waals surface area contributed by atoms with Gasteiger partial charge in [-0.05, 0) is 56.6 Å². The maximum Gasteiger partial charge on any atom is 0.329 e.